The molecule has 0 radical (unpaired) electrons. The van der Waals surface area contributed by atoms with E-state index in [1.54, 1.807) is 29.2 Å². The second-order valence-electron chi connectivity index (χ2n) is 10.9. The molecule has 1 N–H and O–H groups in total. The quantitative estimate of drug-likeness (QED) is 0.238. The molecule has 0 aliphatic carbocycles. The van der Waals surface area contributed by atoms with Crippen molar-refractivity contribution in [3.8, 4) is 5.75 Å². The Balaban J connectivity index is 1.74. The first-order chi connectivity index (χ1) is 18.1. The number of amides is 1. The fourth-order valence-corrected chi connectivity index (χ4v) is 4.96. The van der Waals surface area contributed by atoms with E-state index in [-0.39, 0.29) is 16.7 Å². The Morgan fingerprint density at radius 1 is 1.11 bits per heavy atom. The van der Waals surface area contributed by atoms with Gasteiger partial charge in [-0.15, -0.1) is 0 Å². The third-order valence-electron chi connectivity index (χ3n) is 7.20. The Bertz CT molecular complexity index is 1220. The molecule has 1 atom stereocenters. The molecule has 38 heavy (non-hydrogen) atoms. The van der Waals surface area contributed by atoms with E-state index in [2.05, 4.69) is 32.3 Å². The number of morpholine rings is 1. The molecule has 7 nitrogen and oxygen atoms in total. The molecule has 202 valence electrons. The van der Waals surface area contributed by atoms with Crippen LogP contribution in [-0.2, 0) is 19.7 Å². The summed E-state index contributed by atoms with van der Waals surface area (Å²) in [7, 11) is 0. The molecule has 0 bridgehead atoms. The van der Waals surface area contributed by atoms with Crippen molar-refractivity contribution in [3.05, 3.63) is 82.9 Å². The van der Waals surface area contributed by atoms with Crippen molar-refractivity contribution in [1.82, 2.24) is 9.80 Å². The van der Waals surface area contributed by atoms with Crippen molar-refractivity contribution >= 4 is 17.4 Å². The van der Waals surface area contributed by atoms with E-state index in [9.17, 15) is 14.7 Å². The lowest BCUT2D eigenvalue weighted by molar-refractivity contribution is -0.140. The van der Waals surface area contributed by atoms with E-state index >= 15 is 0 Å². The van der Waals surface area contributed by atoms with Gasteiger partial charge in [-0.3, -0.25) is 14.5 Å². The molecule has 2 saturated heterocycles. The summed E-state index contributed by atoms with van der Waals surface area (Å²) in [6.45, 7) is 16.2. The molecule has 2 aliphatic heterocycles. The van der Waals surface area contributed by atoms with Gasteiger partial charge in [0.2, 0.25) is 0 Å². The van der Waals surface area contributed by atoms with Crippen molar-refractivity contribution in [2.45, 2.75) is 39.2 Å². The van der Waals surface area contributed by atoms with Gasteiger partial charge in [-0.05, 0) is 47.2 Å². The summed E-state index contributed by atoms with van der Waals surface area (Å²) in [5.41, 5.74) is 3.30. The fraction of sp³-hybridized carbons (Fsp3) is 0.419. The number of Topliss-reactive ketones (excluding diaryl/α,β-unsaturated/α-hetero) is 1. The van der Waals surface area contributed by atoms with E-state index in [0.29, 0.717) is 44.2 Å². The smallest absolute Gasteiger partial charge is 0.295 e. The molecule has 0 spiro atoms. The Morgan fingerprint density at radius 3 is 2.39 bits per heavy atom. The minimum absolute atomic E-state index is 0.0381. The maximum absolute atomic E-state index is 13.4. The minimum Gasteiger partial charge on any atom is -0.507 e. The van der Waals surface area contributed by atoms with Crippen LogP contribution in [0.4, 0.5) is 0 Å². The second kappa shape index (κ2) is 11.5. The molecule has 7 heteroatoms. The maximum Gasteiger partial charge on any atom is 0.295 e. The van der Waals surface area contributed by atoms with E-state index < -0.39 is 17.7 Å². The first-order valence-electron chi connectivity index (χ1n) is 13.2. The number of hydrogen-bond donors (Lipinski definition) is 1. The molecular formula is C31H38N2O5. The highest BCUT2D eigenvalue weighted by atomic mass is 16.5. The zero-order valence-electron chi connectivity index (χ0n) is 22.8. The first-order valence-corrected chi connectivity index (χ1v) is 13.2. The van der Waals surface area contributed by atoms with Gasteiger partial charge in [0.1, 0.15) is 18.1 Å². The first kappa shape index (κ1) is 27.6. The maximum atomic E-state index is 13.4. The number of likely N-dealkylation sites (tertiary alicyclic amines) is 1. The van der Waals surface area contributed by atoms with E-state index in [1.807, 2.05) is 31.2 Å². The van der Waals surface area contributed by atoms with E-state index in [4.69, 9.17) is 9.47 Å². The SMILES string of the molecule is C=CCOc1ccc(C(O)=C2C(=O)C(=O)N(CCN3CCOCC3)[C@H]2c2ccc(C(C)(C)C)cc2)cc1C. The van der Waals surface area contributed by atoms with Gasteiger partial charge in [0.15, 0.2) is 0 Å². The molecular weight excluding hydrogens is 480 g/mol. The summed E-state index contributed by atoms with van der Waals surface area (Å²) < 4.78 is 11.1. The van der Waals surface area contributed by atoms with Gasteiger partial charge in [0.05, 0.1) is 24.8 Å². The van der Waals surface area contributed by atoms with Gasteiger partial charge in [0.25, 0.3) is 11.7 Å². The highest BCUT2D eigenvalue weighted by Gasteiger charge is 2.46. The zero-order chi connectivity index (χ0) is 27.4. The lowest BCUT2D eigenvalue weighted by Crippen LogP contribution is -2.42. The van der Waals surface area contributed by atoms with Crippen molar-refractivity contribution in [3.63, 3.8) is 0 Å². The Labute approximate surface area is 225 Å². The van der Waals surface area contributed by atoms with E-state index in [0.717, 1.165) is 29.8 Å². The number of nitrogens with zero attached hydrogens (tertiary/aromatic N) is 2. The number of aliphatic hydroxyl groups is 1. The van der Waals surface area contributed by atoms with Crippen molar-refractivity contribution in [2.75, 3.05) is 46.0 Å². The number of rotatable bonds is 8. The molecule has 2 fully saturated rings. The molecule has 0 saturated carbocycles. The van der Waals surface area contributed by atoms with Gasteiger partial charge >= 0.3 is 0 Å². The van der Waals surface area contributed by atoms with Crippen LogP contribution in [0.3, 0.4) is 0 Å². The highest BCUT2D eigenvalue weighted by Crippen LogP contribution is 2.40. The number of ketones is 1. The third-order valence-corrected chi connectivity index (χ3v) is 7.20. The number of hydrogen-bond acceptors (Lipinski definition) is 6. The molecule has 2 aromatic rings. The second-order valence-corrected chi connectivity index (χ2v) is 10.9. The lowest BCUT2D eigenvalue weighted by Gasteiger charge is -2.31. The van der Waals surface area contributed by atoms with Gasteiger partial charge in [-0.2, -0.15) is 0 Å². The highest BCUT2D eigenvalue weighted by molar-refractivity contribution is 6.46. The summed E-state index contributed by atoms with van der Waals surface area (Å²) in [6, 6.07) is 12.6. The minimum atomic E-state index is -0.679. The van der Waals surface area contributed by atoms with Crippen LogP contribution in [0.15, 0.2) is 60.7 Å². The monoisotopic (exact) mass is 518 g/mol. The third kappa shape index (κ3) is 5.84. The molecule has 2 aromatic carbocycles. The topological polar surface area (TPSA) is 79.3 Å². The molecule has 0 aromatic heterocycles. The number of ether oxygens (including phenoxy) is 2. The normalized spacial score (nSPS) is 20.1. The number of carbonyl (C=O) groups excluding carboxylic acids is 2. The average molecular weight is 519 g/mol. The van der Waals surface area contributed by atoms with Crippen LogP contribution in [0.2, 0.25) is 0 Å². The van der Waals surface area contributed by atoms with Gasteiger partial charge < -0.3 is 19.5 Å². The van der Waals surface area contributed by atoms with Crippen LogP contribution in [0.1, 0.15) is 49.1 Å². The van der Waals surface area contributed by atoms with Crippen LogP contribution >= 0.6 is 0 Å². The average Bonchev–Trinajstić information content (AvgIpc) is 3.16. The summed E-state index contributed by atoms with van der Waals surface area (Å²) in [5, 5.41) is 11.4. The molecule has 0 unspecified atom stereocenters. The molecule has 2 aliphatic rings. The summed E-state index contributed by atoms with van der Waals surface area (Å²) in [5.74, 6) is -0.770. The molecule has 2 heterocycles. The fourth-order valence-electron chi connectivity index (χ4n) is 4.96. The largest absolute Gasteiger partial charge is 0.507 e. The van der Waals surface area contributed by atoms with Crippen LogP contribution < -0.4 is 4.74 Å². The van der Waals surface area contributed by atoms with Crippen LogP contribution in [0.5, 0.6) is 5.75 Å². The Hall–Kier alpha value is -3.42. The van der Waals surface area contributed by atoms with Crippen LogP contribution in [-0.4, -0.2) is 72.6 Å². The number of benzene rings is 2. The number of aliphatic hydroxyl groups excluding tert-OH is 1. The van der Waals surface area contributed by atoms with Crippen LogP contribution in [0.25, 0.3) is 5.76 Å². The van der Waals surface area contributed by atoms with Gasteiger partial charge in [0, 0.05) is 31.7 Å². The molecule has 1 amide bonds. The summed E-state index contributed by atoms with van der Waals surface area (Å²) in [4.78, 5) is 30.6. The van der Waals surface area contributed by atoms with Crippen molar-refractivity contribution in [1.29, 1.82) is 0 Å². The molecule has 4 rings (SSSR count). The van der Waals surface area contributed by atoms with Crippen molar-refractivity contribution in [2.24, 2.45) is 0 Å². The van der Waals surface area contributed by atoms with E-state index in [1.165, 1.54) is 0 Å². The van der Waals surface area contributed by atoms with Gasteiger partial charge in [-0.1, -0.05) is 57.7 Å². The predicted octanol–water partition coefficient (Wildman–Crippen LogP) is 4.61. The lowest BCUT2D eigenvalue weighted by atomic mass is 9.85. The standard InChI is InChI=1S/C31H38N2O5/c1-6-17-38-25-12-9-23(20-21(25)2)28(34)26-27(22-7-10-24(11-8-22)31(3,4)5)33(30(36)29(26)35)14-13-32-15-18-37-19-16-32/h6-12,20,27,34H,1,13-19H2,2-5H3/t27-/m0/s1. The van der Waals surface area contributed by atoms with Crippen LogP contribution in [0, 0.1) is 6.92 Å². The predicted molar refractivity (Wildman–Crippen MR) is 148 cm³/mol. The van der Waals surface area contributed by atoms with Crippen molar-refractivity contribution < 1.29 is 24.2 Å². The Morgan fingerprint density at radius 2 is 1.79 bits per heavy atom. The summed E-state index contributed by atoms with van der Waals surface area (Å²) >= 11 is 0. The number of aryl methyl sites for hydroxylation is 1. The number of carbonyl (C=O) groups is 2. The Kier molecular flexibility index (Phi) is 8.38. The van der Waals surface area contributed by atoms with Gasteiger partial charge in [-0.25, -0.2) is 0 Å². The zero-order valence-corrected chi connectivity index (χ0v) is 22.8. The summed E-state index contributed by atoms with van der Waals surface area (Å²) in [6.07, 6.45) is 1.66.